The Balaban J connectivity index is 2.68. The van der Waals surface area contributed by atoms with Gasteiger partial charge in [-0.3, -0.25) is 0 Å². The molecule has 3 heteroatoms. The molecule has 0 amide bonds. The van der Waals surface area contributed by atoms with E-state index in [1.54, 1.807) is 25.5 Å². The van der Waals surface area contributed by atoms with E-state index in [0.717, 1.165) is 5.56 Å². The molecule has 1 aromatic heterocycles. The van der Waals surface area contributed by atoms with Gasteiger partial charge in [-0.05, 0) is 13.0 Å². The van der Waals surface area contributed by atoms with Crippen molar-refractivity contribution in [2.45, 2.75) is 6.92 Å². The molecule has 0 spiro atoms. The molecule has 1 heterocycles. The summed E-state index contributed by atoms with van der Waals surface area (Å²) in [5.41, 5.74) is 2.06. The molecule has 0 N–H and O–H groups in total. The lowest BCUT2D eigenvalue weighted by molar-refractivity contribution is 0.566. The van der Waals surface area contributed by atoms with Crippen LogP contribution in [0.2, 0.25) is 0 Å². The van der Waals surface area contributed by atoms with Crippen molar-refractivity contribution in [3.05, 3.63) is 43.0 Å². The molecule has 0 aliphatic rings. The number of nitrogens with zero attached hydrogens (tertiary/aromatic N) is 2. The Morgan fingerprint density at radius 2 is 2.17 bits per heavy atom. The van der Waals surface area contributed by atoms with Crippen molar-refractivity contribution in [2.75, 3.05) is 0 Å². The lowest BCUT2D eigenvalue weighted by atomic mass is 10.3. The summed E-state index contributed by atoms with van der Waals surface area (Å²) in [6.45, 7) is 9.06. The quantitative estimate of drug-likeness (QED) is 0.628. The standard InChI is InChI=1S/C9H10N2O/c1-7(2)10-11-8(3)9-4-5-12-6-9/h4-6H,1,3H2,2H3/b11-10-. The van der Waals surface area contributed by atoms with Crippen molar-refractivity contribution in [1.29, 1.82) is 0 Å². The van der Waals surface area contributed by atoms with E-state index in [0.29, 0.717) is 11.4 Å². The van der Waals surface area contributed by atoms with Crippen LogP contribution in [0.25, 0.3) is 5.70 Å². The zero-order chi connectivity index (χ0) is 8.97. The SMILES string of the molecule is C=C(C)/N=N\C(=C)c1ccoc1. The molecule has 0 radical (unpaired) electrons. The molecule has 1 rings (SSSR count). The van der Waals surface area contributed by atoms with E-state index in [1.165, 1.54) is 0 Å². The summed E-state index contributed by atoms with van der Waals surface area (Å²) in [6, 6.07) is 1.78. The van der Waals surface area contributed by atoms with Gasteiger partial charge < -0.3 is 4.42 Å². The van der Waals surface area contributed by atoms with E-state index in [2.05, 4.69) is 23.4 Å². The molecule has 0 saturated carbocycles. The summed E-state index contributed by atoms with van der Waals surface area (Å²) >= 11 is 0. The van der Waals surface area contributed by atoms with E-state index in [1.807, 2.05) is 0 Å². The van der Waals surface area contributed by atoms with Crippen molar-refractivity contribution < 1.29 is 4.42 Å². The molecular formula is C9H10N2O. The molecule has 0 fully saturated rings. The topological polar surface area (TPSA) is 37.9 Å². The Bertz CT molecular complexity index is 309. The maximum Gasteiger partial charge on any atom is 0.0997 e. The summed E-state index contributed by atoms with van der Waals surface area (Å²) in [7, 11) is 0. The molecular weight excluding hydrogens is 152 g/mol. The fourth-order valence-electron chi connectivity index (χ4n) is 0.632. The fourth-order valence-corrected chi connectivity index (χ4v) is 0.632. The van der Waals surface area contributed by atoms with Gasteiger partial charge in [0.05, 0.1) is 23.9 Å². The van der Waals surface area contributed by atoms with Crippen LogP contribution in [-0.4, -0.2) is 0 Å². The zero-order valence-electron chi connectivity index (χ0n) is 6.95. The second kappa shape index (κ2) is 3.67. The van der Waals surface area contributed by atoms with Gasteiger partial charge in [0.25, 0.3) is 0 Å². The lowest BCUT2D eigenvalue weighted by Crippen LogP contribution is -1.71. The Morgan fingerprint density at radius 1 is 1.42 bits per heavy atom. The van der Waals surface area contributed by atoms with Crippen LogP contribution in [0.1, 0.15) is 12.5 Å². The monoisotopic (exact) mass is 162 g/mol. The van der Waals surface area contributed by atoms with Gasteiger partial charge in [-0.25, -0.2) is 0 Å². The largest absolute Gasteiger partial charge is 0.472 e. The molecule has 62 valence electrons. The summed E-state index contributed by atoms with van der Waals surface area (Å²) < 4.78 is 4.86. The van der Waals surface area contributed by atoms with Crippen LogP contribution < -0.4 is 0 Å². The summed E-state index contributed by atoms with van der Waals surface area (Å²) in [6.07, 6.45) is 3.14. The van der Waals surface area contributed by atoms with Gasteiger partial charge in [-0.15, -0.1) is 0 Å². The summed E-state index contributed by atoms with van der Waals surface area (Å²) in [5, 5.41) is 7.61. The maximum atomic E-state index is 4.86. The smallest absolute Gasteiger partial charge is 0.0997 e. The average Bonchev–Trinajstić information content (AvgIpc) is 2.51. The molecule has 12 heavy (non-hydrogen) atoms. The van der Waals surface area contributed by atoms with Crippen molar-refractivity contribution in [3.8, 4) is 0 Å². The molecule has 0 aromatic carbocycles. The van der Waals surface area contributed by atoms with Gasteiger partial charge in [0.15, 0.2) is 0 Å². The Morgan fingerprint density at radius 3 is 2.67 bits per heavy atom. The highest BCUT2D eigenvalue weighted by Gasteiger charge is 1.96. The molecule has 0 aliphatic carbocycles. The number of hydrogen-bond acceptors (Lipinski definition) is 3. The van der Waals surface area contributed by atoms with Gasteiger partial charge in [0.2, 0.25) is 0 Å². The Hall–Kier alpha value is -1.64. The van der Waals surface area contributed by atoms with E-state index < -0.39 is 0 Å². The average molecular weight is 162 g/mol. The highest BCUT2D eigenvalue weighted by atomic mass is 16.3. The molecule has 1 aromatic rings. The summed E-state index contributed by atoms with van der Waals surface area (Å²) in [4.78, 5) is 0. The van der Waals surface area contributed by atoms with Crippen molar-refractivity contribution in [3.63, 3.8) is 0 Å². The highest BCUT2D eigenvalue weighted by Crippen LogP contribution is 2.14. The third-order valence-corrected chi connectivity index (χ3v) is 1.20. The molecule has 0 unspecified atom stereocenters. The van der Waals surface area contributed by atoms with Crippen LogP contribution in [-0.2, 0) is 0 Å². The van der Waals surface area contributed by atoms with Crippen molar-refractivity contribution in [1.82, 2.24) is 0 Å². The van der Waals surface area contributed by atoms with E-state index >= 15 is 0 Å². The summed E-state index contributed by atoms with van der Waals surface area (Å²) in [5.74, 6) is 0. The van der Waals surface area contributed by atoms with E-state index in [-0.39, 0.29) is 0 Å². The zero-order valence-corrected chi connectivity index (χ0v) is 6.95. The van der Waals surface area contributed by atoms with Crippen LogP contribution in [0.4, 0.5) is 0 Å². The first kappa shape index (κ1) is 8.46. The predicted molar refractivity (Wildman–Crippen MR) is 47.4 cm³/mol. The minimum atomic E-state index is 0.576. The Labute approximate surface area is 71.1 Å². The van der Waals surface area contributed by atoms with Crippen LogP contribution in [0.5, 0.6) is 0 Å². The van der Waals surface area contributed by atoms with Gasteiger partial charge in [0.1, 0.15) is 0 Å². The first-order valence-corrected chi connectivity index (χ1v) is 3.49. The molecule has 0 saturated heterocycles. The number of azo groups is 1. The number of furan rings is 1. The highest BCUT2D eigenvalue weighted by molar-refractivity contribution is 5.60. The lowest BCUT2D eigenvalue weighted by Gasteiger charge is -1.90. The molecule has 3 nitrogen and oxygen atoms in total. The first-order chi connectivity index (χ1) is 5.70. The number of rotatable bonds is 3. The van der Waals surface area contributed by atoms with E-state index in [4.69, 9.17) is 4.42 Å². The van der Waals surface area contributed by atoms with Gasteiger partial charge in [-0.1, -0.05) is 13.2 Å². The second-order valence-electron chi connectivity index (χ2n) is 2.39. The second-order valence-corrected chi connectivity index (χ2v) is 2.39. The first-order valence-electron chi connectivity index (χ1n) is 3.49. The van der Waals surface area contributed by atoms with Crippen LogP contribution in [0, 0.1) is 0 Å². The minimum absolute atomic E-state index is 0.576. The third-order valence-electron chi connectivity index (χ3n) is 1.20. The predicted octanol–water partition coefficient (Wildman–Crippen LogP) is 3.24. The fraction of sp³-hybridized carbons (Fsp3) is 0.111. The Kier molecular flexibility index (Phi) is 2.58. The van der Waals surface area contributed by atoms with Gasteiger partial charge in [0, 0.05) is 5.56 Å². The van der Waals surface area contributed by atoms with Crippen LogP contribution in [0.3, 0.4) is 0 Å². The molecule has 0 atom stereocenters. The molecule has 0 bridgehead atoms. The third kappa shape index (κ3) is 2.20. The minimum Gasteiger partial charge on any atom is -0.472 e. The van der Waals surface area contributed by atoms with Crippen molar-refractivity contribution in [2.24, 2.45) is 10.2 Å². The normalized spacial score (nSPS) is 10.4. The van der Waals surface area contributed by atoms with Crippen LogP contribution in [0.15, 0.2) is 52.1 Å². The van der Waals surface area contributed by atoms with E-state index in [9.17, 15) is 0 Å². The number of allylic oxidation sites excluding steroid dienone is 1. The maximum absolute atomic E-state index is 4.86. The van der Waals surface area contributed by atoms with Gasteiger partial charge >= 0.3 is 0 Å². The number of hydrogen-bond donors (Lipinski definition) is 0. The molecule has 0 aliphatic heterocycles. The van der Waals surface area contributed by atoms with Crippen LogP contribution >= 0.6 is 0 Å². The van der Waals surface area contributed by atoms with Gasteiger partial charge in [-0.2, -0.15) is 10.2 Å². The van der Waals surface area contributed by atoms with Crippen molar-refractivity contribution >= 4 is 5.70 Å².